The molecule has 210 valence electrons. The Balaban J connectivity index is 1.33. The van der Waals surface area contributed by atoms with Crippen molar-refractivity contribution < 1.29 is 13.9 Å². The van der Waals surface area contributed by atoms with E-state index >= 15 is 4.39 Å². The number of likely N-dealkylation sites (N-methyl/N-ethyl adjacent to an activating group) is 1. The second-order valence-corrected chi connectivity index (χ2v) is 12.5. The van der Waals surface area contributed by atoms with Crippen molar-refractivity contribution >= 4 is 32.7 Å². The van der Waals surface area contributed by atoms with Crippen LogP contribution < -0.4 is 0 Å². The minimum atomic E-state index is -0.397. The normalized spacial score (nSPS) is 18.1. The lowest BCUT2D eigenvalue weighted by Crippen LogP contribution is -2.31. The van der Waals surface area contributed by atoms with Gasteiger partial charge in [0.25, 0.3) is 0 Å². The standard InChI is InChI=1S/C31H40BrFN4O2/c1-21-14-24(32)9-8-23(21)15-27-26(29(38)19-39-18-22-6-7-22)16-28-31(30(27)33)34-20-37(28)12-5-4-11-36-13-10-25(17-36)35(2)3/h8-9,14,16,20,22,25H,4-7,10-13,15,17-19H2,1-3H3. The van der Waals surface area contributed by atoms with Crippen molar-refractivity contribution in [3.8, 4) is 0 Å². The number of rotatable bonds is 13. The number of carbonyl (C=O) groups is 1. The van der Waals surface area contributed by atoms with Gasteiger partial charge in [-0.05, 0) is 101 Å². The van der Waals surface area contributed by atoms with Crippen molar-refractivity contribution in [2.45, 2.75) is 58.0 Å². The molecule has 0 radical (unpaired) electrons. The van der Waals surface area contributed by atoms with Crippen LogP contribution in [0.25, 0.3) is 11.0 Å². The minimum Gasteiger partial charge on any atom is -0.373 e. The second kappa shape index (κ2) is 12.6. The zero-order valence-corrected chi connectivity index (χ0v) is 25.0. The highest BCUT2D eigenvalue weighted by Gasteiger charge is 2.25. The molecule has 2 aromatic carbocycles. The van der Waals surface area contributed by atoms with E-state index in [4.69, 9.17) is 4.74 Å². The fourth-order valence-electron chi connectivity index (χ4n) is 5.58. The molecule has 1 saturated heterocycles. The van der Waals surface area contributed by atoms with Gasteiger partial charge in [-0.1, -0.05) is 22.0 Å². The van der Waals surface area contributed by atoms with Crippen LogP contribution in [0.5, 0.6) is 0 Å². The Hall–Kier alpha value is -2.13. The zero-order chi connectivity index (χ0) is 27.5. The number of hydrogen-bond donors (Lipinski definition) is 0. The molecule has 0 spiro atoms. The van der Waals surface area contributed by atoms with Gasteiger partial charge in [-0.25, -0.2) is 9.37 Å². The molecule has 0 amide bonds. The van der Waals surface area contributed by atoms with Crippen LogP contribution >= 0.6 is 15.9 Å². The predicted molar refractivity (Wildman–Crippen MR) is 157 cm³/mol. The Morgan fingerprint density at radius 1 is 1.18 bits per heavy atom. The third-order valence-corrected chi connectivity index (χ3v) is 8.81. The molecule has 6 nitrogen and oxygen atoms in total. The molecule has 5 rings (SSSR count). The number of nitrogens with zero attached hydrogens (tertiary/aromatic N) is 4. The number of aromatic nitrogens is 2. The van der Waals surface area contributed by atoms with Crippen LogP contribution in [0.3, 0.4) is 0 Å². The fourth-order valence-corrected chi connectivity index (χ4v) is 6.06. The van der Waals surface area contributed by atoms with Crippen molar-refractivity contribution in [3.63, 3.8) is 0 Å². The first-order valence-electron chi connectivity index (χ1n) is 14.2. The van der Waals surface area contributed by atoms with Gasteiger partial charge < -0.3 is 19.1 Å². The molecule has 1 aromatic heterocycles. The highest BCUT2D eigenvalue weighted by atomic mass is 79.9. The number of imidazole rings is 1. The van der Waals surface area contributed by atoms with Gasteiger partial charge >= 0.3 is 0 Å². The van der Waals surface area contributed by atoms with Crippen molar-refractivity contribution in [3.05, 3.63) is 63.1 Å². The van der Waals surface area contributed by atoms with Gasteiger partial charge in [0.05, 0.1) is 18.5 Å². The molecule has 0 bridgehead atoms. The monoisotopic (exact) mass is 598 g/mol. The Kier molecular flexibility index (Phi) is 9.16. The van der Waals surface area contributed by atoms with E-state index in [9.17, 15) is 4.79 Å². The maximum atomic E-state index is 16.1. The molecule has 8 heteroatoms. The number of ketones is 1. The van der Waals surface area contributed by atoms with Crippen LogP contribution in [0, 0.1) is 18.7 Å². The Morgan fingerprint density at radius 3 is 2.69 bits per heavy atom. The average Bonchev–Trinajstić information content (AvgIpc) is 3.43. The van der Waals surface area contributed by atoms with Gasteiger partial charge in [-0.15, -0.1) is 0 Å². The first-order valence-corrected chi connectivity index (χ1v) is 15.0. The Labute approximate surface area is 239 Å². The van der Waals surface area contributed by atoms with Gasteiger partial charge in [0.1, 0.15) is 12.1 Å². The fraction of sp³-hybridized carbons (Fsp3) is 0.548. The molecule has 1 aliphatic heterocycles. The Bertz CT molecular complexity index is 1320. The van der Waals surface area contributed by atoms with Crippen LogP contribution in [0.2, 0.25) is 0 Å². The summed E-state index contributed by atoms with van der Waals surface area (Å²) in [5.74, 6) is 0.00186. The van der Waals surface area contributed by atoms with Crippen LogP contribution in [-0.2, 0) is 17.7 Å². The molecular weight excluding hydrogens is 559 g/mol. The molecule has 2 fully saturated rings. The number of aryl methyl sites for hydroxylation is 2. The quantitative estimate of drug-likeness (QED) is 0.182. The largest absolute Gasteiger partial charge is 0.373 e. The molecule has 2 heterocycles. The van der Waals surface area contributed by atoms with Crippen molar-refractivity contribution in [2.24, 2.45) is 5.92 Å². The van der Waals surface area contributed by atoms with Crippen molar-refractivity contribution in [2.75, 3.05) is 46.9 Å². The lowest BCUT2D eigenvalue weighted by molar-refractivity contribution is 0.0738. The molecule has 39 heavy (non-hydrogen) atoms. The average molecular weight is 600 g/mol. The number of ether oxygens (including phenoxy) is 1. The van der Waals surface area contributed by atoms with Gasteiger partial charge in [0, 0.05) is 41.2 Å². The van der Waals surface area contributed by atoms with E-state index in [1.54, 1.807) is 6.33 Å². The summed E-state index contributed by atoms with van der Waals surface area (Å²) in [7, 11) is 4.31. The summed E-state index contributed by atoms with van der Waals surface area (Å²) in [6.45, 7) is 6.68. The second-order valence-electron chi connectivity index (χ2n) is 11.6. The van der Waals surface area contributed by atoms with Gasteiger partial charge in [-0.2, -0.15) is 0 Å². The summed E-state index contributed by atoms with van der Waals surface area (Å²) in [6.07, 6.45) is 7.65. The number of benzene rings is 2. The number of Topliss-reactive ketones (excluding diaryl/α,β-unsaturated/α-hetero) is 1. The van der Waals surface area contributed by atoms with E-state index < -0.39 is 5.82 Å². The van der Waals surface area contributed by atoms with Crippen LogP contribution in [0.4, 0.5) is 4.39 Å². The van der Waals surface area contributed by atoms with Crippen LogP contribution in [-0.4, -0.2) is 78.1 Å². The van der Waals surface area contributed by atoms with E-state index in [2.05, 4.69) is 44.8 Å². The van der Waals surface area contributed by atoms with Gasteiger partial charge in [0.2, 0.25) is 0 Å². The molecule has 0 N–H and O–H groups in total. The summed E-state index contributed by atoms with van der Waals surface area (Å²) in [5, 5.41) is 0. The topological polar surface area (TPSA) is 50.6 Å². The smallest absolute Gasteiger partial charge is 0.188 e. The van der Waals surface area contributed by atoms with E-state index in [0.717, 1.165) is 67.5 Å². The third kappa shape index (κ3) is 6.96. The first-order chi connectivity index (χ1) is 18.8. The van der Waals surface area contributed by atoms with Gasteiger partial charge in [0.15, 0.2) is 11.6 Å². The number of hydrogen-bond acceptors (Lipinski definition) is 5. The lowest BCUT2D eigenvalue weighted by Gasteiger charge is -2.20. The van der Waals surface area contributed by atoms with E-state index in [1.807, 2.05) is 35.8 Å². The molecule has 1 atom stereocenters. The van der Waals surface area contributed by atoms with E-state index in [1.165, 1.54) is 6.42 Å². The van der Waals surface area contributed by atoms with Crippen LogP contribution in [0.15, 0.2) is 35.1 Å². The molecule has 1 saturated carbocycles. The maximum Gasteiger partial charge on any atom is 0.188 e. The molecular formula is C31H40BrFN4O2. The zero-order valence-electron chi connectivity index (χ0n) is 23.4. The summed E-state index contributed by atoms with van der Waals surface area (Å²) in [4.78, 5) is 22.7. The SMILES string of the molecule is Cc1cc(Br)ccc1Cc1c(C(=O)COCC2CC2)cc2c(ncn2CCCCN2CCC(N(C)C)C2)c1F. The highest BCUT2D eigenvalue weighted by molar-refractivity contribution is 9.10. The molecule has 3 aromatic rings. The lowest BCUT2D eigenvalue weighted by atomic mass is 9.94. The number of likely N-dealkylation sites (tertiary alicyclic amines) is 1. The van der Waals surface area contributed by atoms with Gasteiger partial charge in [-0.3, -0.25) is 4.79 Å². The predicted octanol–water partition coefficient (Wildman–Crippen LogP) is 5.86. The number of fused-ring (bicyclic) bond motifs is 1. The number of carbonyl (C=O) groups excluding carboxylic acids is 1. The summed E-state index contributed by atoms with van der Waals surface area (Å²) < 4.78 is 24.8. The third-order valence-electron chi connectivity index (χ3n) is 8.31. The maximum absolute atomic E-state index is 16.1. The van der Waals surface area contributed by atoms with Crippen molar-refractivity contribution in [1.82, 2.24) is 19.4 Å². The summed E-state index contributed by atoms with van der Waals surface area (Å²) >= 11 is 3.51. The number of unbranched alkanes of at least 4 members (excludes halogenated alkanes) is 1. The highest BCUT2D eigenvalue weighted by Crippen LogP contribution is 2.30. The minimum absolute atomic E-state index is 0.0221. The summed E-state index contributed by atoms with van der Waals surface area (Å²) in [5.41, 5.74) is 3.87. The Morgan fingerprint density at radius 2 is 1.97 bits per heavy atom. The summed E-state index contributed by atoms with van der Waals surface area (Å²) in [6, 6.07) is 8.45. The van der Waals surface area contributed by atoms with Crippen molar-refractivity contribution in [1.29, 1.82) is 0 Å². The van der Waals surface area contributed by atoms with E-state index in [-0.39, 0.29) is 12.4 Å². The molecule has 1 aliphatic carbocycles. The number of halogens is 2. The van der Waals surface area contributed by atoms with Crippen LogP contribution in [0.1, 0.15) is 59.2 Å². The molecule has 2 aliphatic rings. The first kappa shape index (κ1) is 28.4. The molecule has 1 unspecified atom stereocenters. The van der Waals surface area contributed by atoms with E-state index in [0.29, 0.717) is 47.1 Å².